The summed E-state index contributed by atoms with van der Waals surface area (Å²) in [6.45, 7) is 2.25. The summed E-state index contributed by atoms with van der Waals surface area (Å²) in [5, 5.41) is 6.28. The summed E-state index contributed by atoms with van der Waals surface area (Å²) in [7, 11) is 1.86. The number of benzene rings is 1. The molecule has 1 aromatic carbocycles. The normalized spacial score (nSPS) is 17.2. The second-order valence-corrected chi connectivity index (χ2v) is 6.21. The van der Waals surface area contributed by atoms with Gasteiger partial charge in [0, 0.05) is 18.8 Å². The van der Waals surface area contributed by atoms with Crippen LogP contribution in [0.25, 0.3) is 10.2 Å². The van der Waals surface area contributed by atoms with Crippen LogP contribution in [0.15, 0.2) is 35.7 Å². The first-order chi connectivity index (χ1) is 10.3. The Bertz CT molecular complexity index is 811. The summed E-state index contributed by atoms with van der Waals surface area (Å²) in [5.74, 6) is 1.68. The summed E-state index contributed by atoms with van der Waals surface area (Å²) in [5.41, 5.74) is 2.65. The highest BCUT2D eigenvalue weighted by molar-refractivity contribution is 7.16. The zero-order valence-corrected chi connectivity index (χ0v) is 12.8. The molecule has 4 nitrogen and oxygen atoms in total. The Morgan fingerprint density at radius 2 is 2.10 bits per heavy atom. The van der Waals surface area contributed by atoms with Gasteiger partial charge in [-0.3, -0.25) is 0 Å². The summed E-state index contributed by atoms with van der Waals surface area (Å²) in [4.78, 5) is 12.6. The second kappa shape index (κ2) is 4.70. The highest BCUT2D eigenvalue weighted by Gasteiger charge is 2.29. The number of para-hydroxylation sites is 1. The molecule has 0 bridgehead atoms. The predicted octanol–water partition coefficient (Wildman–Crippen LogP) is 3.82. The first-order valence-corrected chi connectivity index (χ1v) is 7.96. The molecule has 21 heavy (non-hydrogen) atoms. The first kappa shape index (κ1) is 12.6. The molecule has 106 valence electrons. The average molecular weight is 296 g/mol. The van der Waals surface area contributed by atoms with Crippen molar-refractivity contribution in [3.8, 4) is 0 Å². The molecule has 1 aliphatic rings. The minimum Gasteiger partial charge on any atom is -0.357 e. The Kier molecular flexibility index (Phi) is 2.82. The molecule has 4 rings (SSSR count). The van der Waals surface area contributed by atoms with Crippen LogP contribution < -0.4 is 10.2 Å². The lowest BCUT2D eigenvalue weighted by atomic mass is 10.1. The van der Waals surface area contributed by atoms with E-state index in [0.717, 1.165) is 22.5 Å². The third kappa shape index (κ3) is 1.88. The van der Waals surface area contributed by atoms with E-state index >= 15 is 0 Å². The van der Waals surface area contributed by atoms with Gasteiger partial charge in [0.1, 0.15) is 10.6 Å². The van der Waals surface area contributed by atoms with Gasteiger partial charge in [0.05, 0.1) is 5.39 Å². The maximum Gasteiger partial charge on any atom is 0.225 e. The molecule has 0 radical (unpaired) electrons. The van der Waals surface area contributed by atoms with Gasteiger partial charge in [-0.1, -0.05) is 18.2 Å². The highest BCUT2D eigenvalue weighted by atomic mass is 32.1. The van der Waals surface area contributed by atoms with Crippen molar-refractivity contribution in [2.24, 2.45) is 0 Å². The zero-order chi connectivity index (χ0) is 14.4. The van der Waals surface area contributed by atoms with Crippen molar-refractivity contribution in [3.63, 3.8) is 0 Å². The van der Waals surface area contributed by atoms with Gasteiger partial charge in [0.25, 0.3) is 0 Å². The molecule has 0 spiro atoms. The maximum atomic E-state index is 4.73. The van der Waals surface area contributed by atoms with Crippen LogP contribution in [-0.4, -0.2) is 23.1 Å². The van der Waals surface area contributed by atoms with Crippen molar-refractivity contribution in [2.45, 2.75) is 19.4 Å². The SMILES string of the molecule is CNc1nc(N2c3ccccc3CC2C)c2ccsc2n1. The van der Waals surface area contributed by atoms with E-state index < -0.39 is 0 Å². The third-order valence-electron chi connectivity index (χ3n) is 3.96. The van der Waals surface area contributed by atoms with Crippen LogP contribution in [0, 0.1) is 0 Å². The van der Waals surface area contributed by atoms with E-state index in [1.807, 2.05) is 7.05 Å². The fourth-order valence-corrected chi connectivity index (χ4v) is 3.78. The maximum absolute atomic E-state index is 4.73. The van der Waals surface area contributed by atoms with Gasteiger partial charge in [-0.05, 0) is 36.4 Å². The minimum atomic E-state index is 0.408. The van der Waals surface area contributed by atoms with Crippen molar-refractivity contribution in [1.82, 2.24) is 9.97 Å². The van der Waals surface area contributed by atoms with Gasteiger partial charge in [-0.25, -0.2) is 4.98 Å². The van der Waals surface area contributed by atoms with Gasteiger partial charge >= 0.3 is 0 Å². The monoisotopic (exact) mass is 296 g/mol. The Labute approximate surface area is 127 Å². The van der Waals surface area contributed by atoms with Gasteiger partial charge in [0.15, 0.2) is 0 Å². The fourth-order valence-electron chi connectivity index (χ4n) is 3.02. The molecule has 2 aromatic heterocycles. The minimum absolute atomic E-state index is 0.408. The number of aromatic nitrogens is 2. The molecule has 1 aliphatic heterocycles. The number of rotatable bonds is 2. The van der Waals surface area contributed by atoms with E-state index in [1.165, 1.54) is 11.3 Å². The molecule has 5 heteroatoms. The van der Waals surface area contributed by atoms with Crippen LogP contribution in [-0.2, 0) is 6.42 Å². The zero-order valence-electron chi connectivity index (χ0n) is 12.0. The Hall–Kier alpha value is -2.14. The second-order valence-electron chi connectivity index (χ2n) is 5.31. The molecule has 0 fully saturated rings. The number of nitrogens with zero attached hydrogens (tertiary/aromatic N) is 3. The van der Waals surface area contributed by atoms with E-state index in [9.17, 15) is 0 Å². The molecule has 0 aliphatic carbocycles. The molecule has 0 saturated heterocycles. The summed E-state index contributed by atoms with van der Waals surface area (Å²) in [6.07, 6.45) is 1.06. The van der Waals surface area contributed by atoms with Crippen molar-refractivity contribution >= 4 is 39.0 Å². The molecule has 0 amide bonds. The molecule has 1 unspecified atom stereocenters. The van der Waals surface area contributed by atoms with Crippen LogP contribution in [0.1, 0.15) is 12.5 Å². The molecule has 3 heterocycles. The number of fused-ring (bicyclic) bond motifs is 2. The molecule has 0 saturated carbocycles. The topological polar surface area (TPSA) is 41.1 Å². The molecule has 3 aromatic rings. The lowest BCUT2D eigenvalue weighted by Gasteiger charge is -2.24. The Morgan fingerprint density at radius 1 is 1.24 bits per heavy atom. The third-order valence-corrected chi connectivity index (χ3v) is 4.77. The van der Waals surface area contributed by atoms with Crippen molar-refractivity contribution in [3.05, 3.63) is 41.3 Å². The molecule has 1 atom stereocenters. The number of thiophene rings is 1. The number of hydrogen-bond donors (Lipinski definition) is 1. The molecular formula is C16H16N4S. The van der Waals surface area contributed by atoms with E-state index in [2.05, 4.69) is 57.8 Å². The summed E-state index contributed by atoms with van der Waals surface area (Å²) < 4.78 is 0. The van der Waals surface area contributed by atoms with Crippen LogP contribution in [0.2, 0.25) is 0 Å². The van der Waals surface area contributed by atoms with Gasteiger partial charge in [-0.15, -0.1) is 11.3 Å². The highest BCUT2D eigenvalue weighted by Crippen LogP contribution is 2.41. The van der Waals surface area contributed by atoms with Crippen molar-refractivity contribution in [2.75, 3.05) is 17.3 Å². The van der Waals surface area contributed by atoms with Crippen molar-refractivity contribution in [1.29, 1.82) is 0 Å². The smallest absolute Gasteiger partial charge is 0.225 e. The fraction of sp³-hybridized carbons (Fsp3) is 0.250. The number of nitrogens with one attached hydrogen (secondary N) is 1. The van der Waals surface area contributed by atoms with Crippen LogP contribution in [0.4, 0.5) is 17.5 Å². The van der Waals surface area contributed by atoms with Crippen LogP contribution in [0.3, 0.4) is 0 Å². The first-order valence-electron chi connectivity index (χ1n) is 7.08. The predicted molar refractivity (Wildman–Crippen MR) is 88.7 cm³/mol. The molecular weight excluding hydrogens is 280 g/mol. The number of anilines is 3. The van der Waals surface area contributed by atoms with Gasteiger partial charge in [0.2, 0.25) is 5.95 Å². The van der Waals surface area contributed by atoms with E-state index in [-0.39, 0.29) is 0 Å². The lowest BCUT2D eigenvalue weighted by Crippen LogP contribution is -2.25. The Morgan fingerprint density at radius 3 is 2.95 bits per heavy atom. The average Bonchev–Trinajstić information content (AvgIpc) is 3.09. The summed E-state index contributed by atoms with van der Waals surface area (Å²) >= 11 is 1.65. The van der Waals surface area contributed by atoms with E-state index in [0.29, 0.717) is 12.0 Å². The quantitative estimate of drug-likeness (QED) is 0.780. The Balaban J connectivity index is 1.96. The standard InChI is InChI=1S/C16H16N4S/c1-10-9-11-5-3-4-6-13(11)20(10)14-12-7-8-21-15(12)19-16(17-2)18-14/h3-8,10H,9H2,1-2H3,(H,17,18,19). The molecule has 1 N–H and O–H groups in total. The number of hydrogen-bond acceptors (Lipinski definition) is 5. The van der Waals surface area contributed by atoms with Crippen LogP contribution in [0.5, 0.6) is 0 Å². The lowest BCUT2D eigenvalue weighted by molar-refractivity contribution is 0.752. The van der Waals surface area contributed by atoms with Crippen molar-refractivity contribution < 1.29 is 0 Å². The summed E-state index contributed by atoms with van der Waals surface area (Å²) in [6, 6.07) is 11.1. The van der Waals surface area contributed by atoms with Gasteiger partial charge < -0.3 is 10.2 Å². The largest absolute Gasteiger partial charge is 0.357 e. The van der Waals surface area contributed by atoms with Crippen LogP contribution >= 0.6 is 11.3 Å². The van der Waals surface area contributed by atoms with E-state index in [4.69, 9.17) is 4.98 Å². The van der Waals surface area contributed by atoms with Gasteiger partial charge in [-0.2, -0.15) is 4.98 Å². The van der Waals surface area contributed by atoms with E-state index in [1.54, 1.807) is 11.3 Å².